The van der Waals surface area contributed by atoms with Gasteiger partial charge >= 0.3 is 0 Å². The molecule has 0 radical (unpaired) electrons. The van der Waals surface area contributed by atoms with E-state index >= 15 is 0 Å². The zero-order valence-corrected chi connectivity index (χ0v) is 12.4. The number of hydrogen-bond donors (Lipinski definition) is 1. The van der Waals surface area contributed by atoms with Crippen LogP contribution in [0.3, 0.4) is 0 Å². The van der Waals surface area contributed by atoms with E-state index in [2.05, 4.69) is 5.32 Å². The van der Waals surface area contributed by atoms with Gasteiger partial charge in [0.1, 0.15) is 0 Å². The molecular weight excluding hydrogens is 274 g/mol. The standard InChI is InChI=1S/C16H22F2N2O/c1-19-14(12-7-6-8-13(17)16(12)18)11-20-10-5-3-2-4-9-15(20)21/h6-8,14,19H,2-5,9-11H2,1H3. The monoisotopic (exact) mass is 296 g/mol. The molecule has 1 amide bonds. The molecule has 21 heavy (non-hydrogen) atoms. The molecule has 0 saturated carbocycles. The van der Waals surface area contributed by atoms with E-state index in [-0.39, 0.29) is 11.5 Å². The molecule has 0 aromatic heterocycles. The maximum absolute atomic E-state index is 13.9. The molecule has 0 aliphatic carbocycles. The van der Waals surface area contributed by atoms with Crippen LogP contribution in [0.2, 0.25) is 0 Å². The number of rotatable bonds is 4. The third kappa shape index (κ3) is 4.00. The van der Waals surface area contributed by atoms with Crippen LogP contribution in [0.4, 0.5) is 8.78 Å². The number of carbonyl (C=O) groups is 1. The zero-order valence-electron chi connectivity index (χ0n) is 12.4. The van der Waals surface area contributed by atoms with Crippen LogP contribution in [0.15, 0.2) is 18.2 Å². The Balaban J connectivity index is 2.13. The first-order valence-corrected chi connectivity index (χ1v) is 7.52. The summed E-state index contributed by atoms with van der Waals surface area (Å²) in [5.41, 5.74) is 0.271. The fourth-order valence-corrected chi connectivity index (χ4v) is 2.76. The highest BCUT2D eigenvalue weighted by Crippen LogP contribution is 2.21. The van der Waals surface area contributed by atoms with Gasteiger partial charge in [-0.05, 0) is 26.0 Å². The minimum atomic E-state index is -0.855. The highest BCUT2D eigenvalue weighted by Gasteiger charge is 2.23. The second-order valence-corrected chi connectivity index (χ2v) is 5.49. The predicted molar refractivity (Wildman–Crippen MR) is 77.8 cm³/mol. The zero-order chi connectivity index (χ0) is 15.2. The average Bonchev–Trinajstić information content (AvgIpc) is 2.46. The number of hydrogen-bond acceptors (Lipinski definition) is 2. The third-order valence-electron chi connectivity index (χ3n) is 4.03. The number of likely N-dealkylation sites (N-methyl/N-ethyl adjacent to an activating group) is 1. The molecule has 1 heterocycles. The quantitative estimate of drug-likeness (QED) is 0.926. The van der Waals surface area contributed by atoms with E-state index in [1.165, 1.54) is 6.07 Å². The van der Waals surface area contributed by atoms with Crippen LogP contribution < -0.4 is 5.32 Å². The Hall–Kier alpha value is -1.49. The van der Waals surface area contributed by atoms with Gasteiger partial charge in [-0.2, -0.15) is 0 Å². The molecule has 1 aromatic carbocycles. The lowest BCUT2D eigenvalue weighted by Gasteiger charge is -2.29. The Bertz CT molecular complexity index is 493. The fourth-order valence-electron chi connectivity index (χ4n) is 2.76. The fraction of sp³-hybridized carbons (Fsp3) is 0.562. The highest BCUT2D eigenvalue weighted by atomic mass is 19.2. The van der Waals surface area contributed by atoms with Crippen LogP contribution in [0.5, 0.6) is 0 Å². The summed E-state index contributed by atoms with van der Waals surface area (Å²) in [5, 5.41) is 2.99. The molecule has 1 N–H and O–H groups in total. The Morgan fingerprint density at radius 2 is 2.00 bits per heavy atom. The summed E-state index contributed by atoms with van der Waals surface area (Å²) in [7, 11) is 1.70. The van der Waals surface area contributed by atoms with Crippen LogP contribution >= 0.6 is 0 Å². The normalized spacial score (nSPS) is 18.2. The first-order valence-electron chi connectivity index (χ1n) is 7.52. The van der Waals surface area contributed by atoms with Crippen molar-refractivity contribution in [2.24, 2.45) is 0 Å². The number of likely N-dealkylation sites (tertiary alicyclic amines) is 1. The minimum absolute atomic E-state index is 0.103. The van der Waals surface area contributed by atoms with E-state index in [0.29, 0.717) is 19.5 Å². The molecule has 1 atom stereocenters. The molecule has 3 nitrogen and oxygen atoms in total. The summed E-state index contributed by atoms with van der Waals surface area (Å²) >= 11 is 0. The van der Waals surface area contributed by atoms with Crippen molar-refractivity contribution >= 4 is 5.91 Å². The minimum Gasteiger partial charge on any atom is -0.341 e. The number of nitrogens with one attached hydrogen (secondary N) is 1. The Morgan fingerprint density at radius 3 is 2.76 bits per heavy atom. The van der Waals surface area contributed by atoms with E-state index < -0.39 is 17.7 Å². The molecule has 1 unspecified atom stereocenters. The van der Waals surface area contributed by atoms with Crippen molar-refractivity contribution in [3.05, 3.63) is 35.4 Å². The highest BCUT2D eigenvalue weighted by molar-refractivity contribution is 5.76. The largest absolute Gasteiger partial charge is 0.341 e. The van der Waals surface area contributed by atoms with Crippen LogP contribution in [0.1, 0.15) is 43.7 Å². The number of benzene rings is 1. The second kappa shape index (κ2) is 7.50. The topological polar surface area (TPSA) is 32.3 Å². The average molecular weight is 296 g/mol. The van der Waals surface area contributed by atoms with Crippen LogP contribution in [0, 0.1) is 11.6 Å². The van der Waals surface area contributed by atoms with E-state index in [1.807, 2.05) is 0 Å². The van der Waals surface area contributed by atoms with E-state index in [4.69, 9.17) is 0 Å². The van der Waals surface area contributed by atoms with Gasteiger partial charge in [0, 0.05) is 25.1 Å². The molecule has 1 fully saturated rings. The van der Waals surface area contributed by atoms with Crippen molar-refractivity contribution in [1.29, 1.82) is 0 Å². The van der Waals surface area contributed by atoms with E-state index in [0.717, 1.165) is 31.7 Å². The first kappa shape index (κ1) is 15.9. The Labute approximate surface area is 124 Å². The number of amides is 1. The molecule has 2 rings (SSSR count). The van der Waals surface area contributed by atoms with E-state index in [1.54, 1.807) is 18.0 Å². The van der Waals surface area contributed by atoms with Crippen molar-refractivity contribution in [1.82, 2.24) is 10.2 Å². The van der Waals surface area contributed by atoms with Gasteiger partial charge in [0.25, 0.3) is 0 Å². The van der Waals surface area contributed by atoms with Crippen molar-refractivity contribution < 1.29 is 13.6 Å². The van der Waals surface area contributed by atoms with Gasteiger partial charge < -0.3 is 10.2 Å². The Morgan fingerprint density at radius 1 is 1.24 bits per heavy atom. The molecule has 1 saturated heterocycles. The molecule has 0 spiro atoms. The number of halogens is 2. The van der Waals surface area contributed by atoms with Crippen molar-refractivity contribution in [3.8, 4) is 0 Å². The van der Waals surface area contributed by atoms with Gasteiger partial charge in [-0.3, -0.25) is 4.79 Å². The summed E-state index contributed by atoms with van der Waals surface area (Å²) in [6.45, 7) is 1.06. The van der Waals surface area contributed by atoms with Gasteiger partial charge in [0.05, 0.1) is 6.04 Å². The summed E-state index contributed by atoms with van der Waals surface area (Å²) in [6, 6.07) is 3.76. The molecule has 0 bridgehead atoms. The van der Waals surface area contributed by atoms with Crippen LogP contribution in [-0.4, -0.2) is 30.9 Å². The molecule has 1 aliphatic rings. The predicted octanol–water partition coefficient (Wildman–Crippen LogP) is 3.02. The maximum atomic E-state index is 13.9. The molecule has 5 heteroatoms. The van der Waals surface area contributed by atoms with Gasteiger partial charge in [-0.1, -0.05) is 25.0 Å². The van der Waals surface area contributed by atoms with Gasteiger partial charge in [-0.15, -0.1) is 0 Å². The van der Waals surface area contributed by atoms with Crippen molar-refractivity contribution in [2.75, 3.05) is 20.1 Å². The smallest absolute Gasteiger partial charge is 0.222 e. The summed E-state index contributed by atoms with van der Waals surface area (Å²) < 4.78 is 27.3. The van der Waals surface area contributed by atoms with Crippen molar-refractivity contribution in [2.45, 2.75) is 38.1 Å². The van der Waals surface area contributed by atoms with E-state index in [9.17, 15) is 13.6 Å². The van der Waals surface area contributed by atoms with Gasteiger partial charge in [0.2, 0.25) is 5.91 Å². The summed E-state index contributed by atoms with van der Waals surface area (Å²) in [6.07, 6.45) is 4.62. The maximum Gasteiger partial charge on any atom is 0.222 e. The first-order chi connectivity index (χ1) is 10.1. The van der Waals surface area contributed by atoms with Crippen LogP contribution in [-0.2, 0) is 4.79 Å². The lowest BCUT2D eigenvalue weighted by molar-refractivity contribution is -0.132. The molecular formula is C16H22F2N2O. The lowest BCUT2D eigenvalue weighted by atomic mass is 10.0. The SMILES string of the molecule is CNC(CN1CCCCCCC1=O)c1cccc(F)c1F. The Kier molecular flexibility index (Phi) is 5.67. The van der Waals surface area contributed by atoms with Gasteiger partial charge in [0.15, 0.2) is 11.6 Å². The molecule has 1 aliphatic heterocycles. The second-order valence-electron chi connectivity index (χ2n) is 5.49. The summed E-state index contributed by atoms with van der Waals surface area (Å²) in [4.78, 5) is 13.9. The van der Waals surface area contributed by atoms with Gasteiger partial charge in [-0.25, -0.2) is 8.78 Å². The number of nitrogens with zero attached hydrogens (tertiary/aromatic N) is 1. The lowest BCUT2D eigenvalue weighted by Crippen LogP contribution is -2.39. The summed E-state index contributed by atoms with van der Waals surface area (Å²) in [5.74, 6) is -1.59. The third-order valence-corrected chi connectivity index (χ3v) is 4.03. The molecule has 1 aromatic rings. The number of carbonyl (C=O) groups excluding carboxylic acids is 1. The van der Waals surface area contributed by atoms with Crippen LogP contribution in [0.25, 0.3) is 0 Å². The molecule has 116 valence electrons. The van der Waals surface area contributed by atoms with Crippen molar-refractivity contribution in [3.63, 3.8) is 0 Å².